The second-order valence-electron chi connectivity index (χ2n) is 6.79. The highest BCUT2D eigenvalue weighted by Crippen LogP contribution is 2.28. The number of nitrogens with one attached hydrogen (secondary N) is 2. The van der Waals surface area contributed by atoms with Crippen molar-refractivity contribution in [3.8, 4) is 0 Å². The predicted octanol–water partition coefficient (Wildman–Crippen LogP) is 2.64. The minimum atomic E-state index is -0.0686. The fraction of sp³-hybridized carbons (Fsp3) is 0.611. The van der Waals surface area contributed by atoms with Gasteiger partial charge in [0, 0.05) is 13.1 Å². The smallest absolute Gasteiger partial charge is 0.237 e. The first-order valence-corrected chi connectivity index (χ1v) is 8.30. The molecule has 1 amide bonds. The van der Waals surface area contributed by atoms with Crippen LogP contribution in [0.4, 0.5) is 0 Å². The third-order valence-corrected chi connectivity index (χ3v) is 5.01. The molecule has 21 heavy (non-hydrogen) atoms. The molecule has 3 atom stereocenters. The number of amides is 1. The normalized spacial score (nSPS) is 28.7. The van der Waals surface area contributed by atoms with Gasteiger partial charge in [-0.1, -0.05) is 44.0 Å². The van der Waals surface area contributed by atoms with E-state index in [-0.39, 0.29) is 11.9 Å². The highest BCUT2D eigenvalue weighted by atomic mass is 16.2. The van der Waals surface area contributed by atoms with E-state index >= 15 is 0 Å². The van der Waals surface area contributed by atoms with Crippen LogP contribution in [0.1, 0.15) is 43.7 Å². The minimum absolute atomic E-state index is 0.0686. The highest BCUT2D eigenvalue weighted by Gasteiger charge is 2.25. The van der Waals surface area contributed by atoms with E-state index in [1.807, 2.05) is 0 Å². The van der Waals surface area contributed by atoms with Gasteiger partial charge in [0.25, 0.3) is 0 Å². The largest absolute Gasteiger partial charge is 0.354 e. The maximum Gasteiger partial charge on any atom is 0.237 e. The molecule has 1 saturated carbocycles. The summed E-state index contributed by atoms with van der Waals surface area (Å²) in [6.07, 6.45) is 6.01. The summed E-state index contributed by atoms with van der Waals surface area (Å²) in [5.41, 5.74) is 2.63. The average molecular weight is 286 g/mol. The lowest BCUT2D eigenvalue weighted by molar-refractivity contribution is -0.123. The predicted molar refractivity (Wildman–Crippen MR) is 84.9 cm³/mol. The maximum atomic E-state index is 12.4. The van der Waals surface area contributed by atoms with Crippen LogP contribution in [0.25, 0.3) is 0 Å². The summed E-state index contributed by atoms with van der Waals surface area (Å²) in [5.74, 6) is 1.66. The van der Waals surface area contributed by atoms with Crippen LogP contribution in [-0.4, -0.2) is 18.5 Å². The molecule has 0 aromatic heterocycles. The van der Waals surface area contributed by atoms with E-state index in [4.69, 9.17) is 0 Å². The zero-order chi connectivity index (χ0) is 14.7. The summed E-state index contributed by atoms with van der Waals surface area (Å²) in [5, 5.41) is 6.53. The van der Waals surface area contributed by atoms with E-state index in [0.29, 0.717) is 5.92 Å². The van der Waals surface area contributed by atoms with Crippen LogP contribution in [0.2, 0.25) is 0 Å². The molecule has 0 bridgehead atoms. The summed E-state index contributed by atoms with van der Waals surface area (Å²) < 4.78 is 0. The fourth-order valence-electron chi connectivity index (χ4n) is 3.75. The summed E-state index contributed by atoms with van der Waals surface area (Å²) in [7, 11) is 0. The van der Waals surface area contributed by atoms with Crippen molar-refractivity contribution < 1.29 is 4.79 Å². The lowest BCUT2D eigenvalue weighted by Gasteiger charge is -2.29. The van der Waals surface area contributed by atoms with E-state index < -0.39 is 0 Å². The Bertz CT molecular complexity index is 500. The van der Waals surface area contributed by atoms with Crippen LogP contribution >= 0.6 is 0 Å². The van der Waals surface area contributed by atoms with Gasteiger partial charge in [-0.3, -0.25) is 4.79 Å². The number of benzene rings is 1. The molecule has 2 N–H and O–H groups in total. The third kappa shape index (κ3) is 3.65. The van der Waals surface area contributed by atoms with Crippen molar-refractivity contribution in [1.82, 2.24) is 10.6 Å². The molecule has 0 saturated heterocycles. The lowest BCUT2D eigenvalue weighted by atomic mass is 9.82. The van der Waals surface area contributed by atoms with Gasteiger partial charge >= 0.3 is 0 Å². The molecular weight excluding hydrogens is 260 g/mol. The van der Waals surface area contributed by atoms with E-state index in [1.165, 1.54) is 36.8 Å². The van der Waals surface area contributed by atoms with Crippen molar-refractivity contribution >= 4 is 5.91 Å². The molecule has 1 aliphatic carbocycles. The molecule has 1 aromatic carbocycles. The van der Waals surface area contributed by atoms with Crippen molar-refractivity contribution in [2.45, 2.75) is 51.6 Å². The van der Waals surface area contributed by atoms with Gasteiger partial charge in [-0.05, 0) is 42.2 Å². The zero-order valence-electron chi connectivity index (χ0n) is 12.9. The molecule has 0 radical (unpaired) electrons. The van der Waals surface area contributed by atoms with Crippen LogP contribution in [0, 0.1) is 11.8 Å². The minimum Gasteiger partial charge on any atom is -0.354 e. The third-order valence-electron chi connectivity index (χ3n) is 5.01. The lowest BCUT2D eigenvalue weighted by Crippen LogP contribution is -2.48. The summed E-state index contributed by atoms with van der Waals surface area (Å²) in [6.45, 7) is 3.98. The summed E-state index contributed by atoms with van der Waals surface area (Å²) in [6, 6.07) is 8.33. The van der Waals surface area contributed by atoms with Gasteiger partial charge in [0.2, 0.25) is 5.91 Å². The van der Waals surface area contributed by atoms with Crippen LogP contribution in [-0.2, 0) is 17.8 Å². The van der Waals surface area contributed by atoms with Crippen molar-refractivity contribution in [2.24, 2.45) is 11.8 Å². The molecule has 1 aliphatic heterocycles. The Kier molecular flexibility index (Phi) is 4.59. The number of hydrogen-bond donors (Lipinski definition) is 2. The number of fused-ring (bicyclic) bond motifs is 1. The van der Waals surface area contributed by atoms with E-state index in [9.17, 15) is 4.79 Å². The Morgan fingerprint density at radius 2 is 2.10 bits per heavy atom. The van der Waals surface area contributed by atoms with Crippen molar-refractivity contribution in [2.75, 3.05) is 6.54 Å². The van der Waals surface area contributed by atoms with Crippen LogP contribution in [0.15, 0.2) is 24.3 Å². The molecule has 2 aliphatic rings. The zero-order valence-corrected chi connectivity index (χ0v) is 12.9. The summed E-state index contributed by atoms with van der Waals surface area (Å²) in [4.78, 5) is 12.4. The Morgan fingerprint density at radius 3 is 2.90 bits per heavy atom. The number of rotatable bonds is 3. The molecule has 3 heteroatoms. The van der Waals surface area contributed by atoms with E-state index in [1.54, 1.807) is 0 Å². The van der Waals surface area contributed by atoms with Gasteiger partial charge in [-0.15, -0.1) is 0 Å². The van der Waals surface area contributed by atoms with Gasteiger partial charge in [-0.25, -0.2) is 0 Å². The fourth-order valence-corrected chi connectivity index (χ4v) is 3.75. The molecule has 2 unspecified atom stereocenters. The van der Waals surface area contributed by atoms with E-state index in [2.05, 4.69) is 41.8 Å². The first-order chi connectivity index (χ1) is 10.2. The number of carbonyl (C=O) groups excluding carboxylic acids is 1. The molecule has 1 heterocycles. The SMILES string of the molecule is CC1CCCC(CNC(=O)[C@H]2Cc3ccccc3CN2)C1. The second-order valence-corrected chi connectivity index (χ2v) is 6.79. The first-order valence-electron chi connectivity index (χ1n) is 8.30. The first kappa shape index (κ1) is 14.6. The van der Waals surface area contributed by atoms with Crippen LogP contribution < -0.4 is 10.6 Å². The molecule has 114 valence electrons. The maximum absolute atomic E-state index is 12.4. The standard InChI is InChI=1S/C18H26N2O/c1-13-5-4-6-14(9-13)11-20-18(21)17-10-15-7-2-3-8-16(15)12-19-17/h2-3,7-8,13-14,17,19H,4-6,9-12H2,1H3,(H,20,21)/t13?,14?,17-/m1/s1. The molecule has 0 spiro atoms. The Balaban J connectivity index is 1.50. The highest BCUT2D eigenvalue weighted by molar-refractivity contribution is 5.82. The Hall–Kier alpha value is -1.35. The van der Waals surface area contributed by atoms with Crippen molar-refractivity contribution in [3.05, 3.63) is 35.4 Å². The van der Waals surface area contributed by atoms with Crippen LogP contribution in [0.3, 0.4) is 0 Å². The number of carbonyl (C=O) groups is 1. The second kappa shape index (κ2) is 6.61. The molecule has 1 fully saturated rings. The quantitative estimate of drug-likeness (QED) is 0.897. The molecule has 1 aromatic rings. The monoisotopic (exact) mass is 286 g/mol. The Morgan fingerprint density at radius 1 is 1.29 bits per heavy atom. The van der Waals surface area contributed by atoms with E-state index in [0.717, 1.165) is 25.4 Å². The van der Waals surface area contributed by atoms with Gasteiger partial charge in [0.15, 0.2) is 0 Å². The molecule has 3 nitrogen and oxygen atoms in total. The molecule has 3 rings (SSSR count). The van der Waals surface area contributed by atoms with Gasteiger partial charge in [-0.2, -0.15) is 0 Å². The van der Waals surface area contributed by atoms with Crippen molar-refractivity contribution in [1.29, 1.82) is 0 Å². The Labute approximate surface area is 127 Å². The molecular formula is C18H26N2O. The van der Waals surface area contributed by atoms with Crippen LogP contribution in [0.5, 0.6) is 0 Å². The number of hydrogen-bond acceptors (Lipinski definition) is 2. The topological polar surface area (TPSA) is 41.1 Å². The average Bonchev–Trinajstić information content (AvgIpc) is 2.52. The van der Waals surface area contributed by atoms with Gasteiger partial charge in [0.1, 0.15) is 0 Å². The van der Waals surface area contributed by atoms with Gasteiger partial charge in [0.05, 0.1) is 6.04 Å². The van der Waals surface area contributed by atoms with Crippen molar-refractivity contribution in [3.63, 3.8) is 0 Å². The van der Waals surface area contributed by atoms with Gasteiger partial charge < -0.3 is 10.6 Å². The summed E-state index contributed by atoms with van der Waals surface area (Å²) >= 11 is 0.